The summed E-state index contributed by atoms with van der Waals surface area (Å²) < 4.78 is 2.17. The first kappa shape index (κ1) is 13.6. The van der Waals surface area contributed by atoms with Gasteiger partial charge in [0.1, 0.15) is 0 Å². The van der Waals surface area contributed by atoms with Gasteiger partial charge in [-0.1, -0.05) is 12.8 Å². The van der Waals surface area contributed by atoms with Crippen LogP contribution in [0.25, 0.3) is 0 Å². The molecule has 4 nitrogen and oxygen atoms in total. The third-order valence-corrected chi connectivity index (χ3v) is 3.63. The zero-order valence-corrected chi connectivity index (χ0v) is 11.7. The summed E-state index contributed by atoms with van der Waals surface area (Å²) >= 11 is 0. The van der Waals surface area contributed by atoms with Gasteiger partial charge in [0.05, 0.1) is 11.7 Å². The van der Waals surface area contributed by atoms with Crippen LogP contribution in [0.2, 0.25) is 0 Å². The molecule has 1 N–H and O–H groups in total. The highest BCUT2D eigenvalue weighted by molar-refractivity contribution is 4.99. The summed E-state index contributed by atoms with van der Waals surface area (Å²) in [6.07, 6.45) is 8.67. The molecule has 1 aromatic heterocycles. The van der Waals surface area contributed by atoms with E-state index < -0.39 is 0 Å². The summed E-state index contributed by atoms with van der Waals surface area (Å²) in [5, 5.41) is 8.13. The van der Waals surface area contributed by atoms with Crippen molar-refractivity contribution >= 4 is 0 Å². The summed E-state index contributed by atoms with van der Waals surface area (Å²) in [6, 6.07) is 2.81. The van der Waals surface area contributed by atoms with E-state index in [9.17, 15) is 0 Å². The van der Waals surface area contributed by atoms with Crippen LogP contribution in [0.15, 0.2) is 12.3 Å². The minimum atomic E-state index is 0.660. The smallest absolute Gasteiger partial charge is 0.0762 e. The molecule has 4 heteroatoms. The molecule has 0 radical (unpaired) electrons. The van der Waals surface area contributed by atoms with Gasteiger partial charge in [0.25, 0.3) is 0 Å². The average molecular weight is 250 g/mol. The Morgan fingerprint density at radius 1 is 1.39 bits per heavy atom. The molecule has 0 amide bonds. The number of nitrogens with one attached hydrogen (secondary N) is 1. The third-order valence-electron chi connectivity index (χ3n) is 3.63. The number of hydrogen-bond acceptors (Lipinski definition) is 3. The van der Waals surface area contributed by atoms with Gasteiger partial charge < -0.3 is 10.2 Å². The van der Waals surface area contributed by atoms with Crippen LogP contribution < -0.4 is 5.32 Å². The van der Waals surface area contributed by atoms with Crippen LogP contribution in [-0.4, -0.2) is 41.9 Å². The largest absolute Gasteiger partial charge is 0.311 e. The first-order valence-corrected chi connectivity index (χ1v) is 7.15. The lowest BCUT2D eigenvalue weighted by molar-refractivity contribution is 0.393. The SMILES string of the molecule is CN(C)CCCNCc1ccn(C2CCCC2)n1. The van der Waals surface area contributed by atoms with E-state index in [1.54, 1.807) is 0 Å². The average Bonchev–Trinajstić information content (AvgIpc) is 2.98. The molecule has 2 rings (SSSR count). The summed E-state index contributed by atoms with van der Waals surface area (Å²) in [5.74, 6) is 0. The Morgan fingerprint density at radius 2 is 2.17 bits per heavy atom. The molecule has 0 aromatic carbocycles. The van der Waals surface area contributed by atoms with E-state index in [1.165, 1.54) is 37.8 Å². The molecule has 102 valence electrons. The van der Waals surface area contributed by atoms with Crippen molar-refractivity contribution in [3.05, 3.63) is 18.0 Å². The number of rotatable bonds is 7. The van der Waals surface area contributed by atoms with Crippen LogP contribution in [0, 0.1) is 0 Å². The lowest BCUT2D eigenvalue weighted by atomic mass is 10.3. The van der Waals surface area contributed by atoms with E-state index in [0.29, 0.717) is 6.04 Å². The van der Waals surface area contributed by atoms with Crippen LogP contribution >= 0.6 is 0 Å². The molecule has 1 fully saturated rings. The van der Waals surface area contributed by atoms with Gasteiger partial charge in [-0.25, -0.2) is 0 Å². The molecular formula is C14H26N4. The first-order chi connectivity index (χ1) is 8.75. The Labute approximate surface area is 110 Å². The second kappa shape index (κ2) is 6.90. The lowest BCUT2D eigenvalue weighted by Crippen LogP contribution is -2.21. The van der Waals surface area contributed by atoms with Crippen molar-refractivity contribution in [2.24, 2.45) is 0 Å². The van der Waals surface area contributed by atoms with Gasteiger partial charge in [-0.15, -0.1) is 0 Å². The fourth-order valence-corrected chi connectivity index (χ4v) is 2.58. The Kier molecular flexibility index (Phi) is 5.20. The zero-order chi connectivity index (χ0) is 12.8. The highest BCUT2D eigenvalue weighted by Crippen LogP contribution is 2.28. The highest BCUT2D eigenvalue weighted by Gasteiger charge is 2.17. The van der Waals surface area contributed by atoms with Crippen molar-refractivity contribution < 1.29 is 0 Å². The van der Waals surface area contributed by atoms with Gasteiger partial charge in [0, 0.05) is 12.7 Å². The molecule has 0 aliphatic heterocycles. The van der Waals surface area contributed by atoms with Gasteiger partial charge in [-0.2, -0.15) is 5.10 Å². The van der Waals surface area contributed by atoms with E-state index in [0.717, 1.165) is 19.6 Å². The fourth-order valence-electron chi connectivity index (χ4n) is 2.58. The minimum absolute atomic E-state index is 0.660. The minimum Gasteiger partial charge on any atom is -0.311 e. The van der Waals surface area contributed by atoms with Crippen molar-refractivity contribution in [3.8, 4) is 0 Å². The Balaban J connectivity index is 1.67. The van der Waals surface area contributed by atoms with Gasteiger partial charge >= 0.3 is 0 Å². The summed E-state index contributed by atoms with van der Waals surface area (Å²) in [7, 11) is 4.23. The van der Waals surface area contributed by atoms with Crippen LogP contribution in [0.3, 0.4) is 0 Å². The summed E-state index contributed by atoms with van der Waals surface area (Å²) in [5.41, 5.74) is 1.17. The first-order valence-electron chi connectivity index (χ1n) is 7.15. The van der Waals surface area contributed by atoms with Crippen molar-refractivity contribution in [1.29, 1.82) is 0 Å². The molecule has 0 atom stereocenters. The van der Waals surface area contributed by atoms with Crippen molar-refractivity contribution in [2.75, 3.05) is 27.2 Å². The van der Waals surface area contributed by atoms with Gasteiger partial charge in [-0.05, 0) is 52.5 Å². The van der Waals surface area contributed by atoms with Crippen molar-refractivity contribution in [2.45, 2.75) is 44.7 Å². The monoisotopic (exact) mass is 250 g/mol. The molecule has 0 bridgehead atoms. The number of hydrogen-bond donors (Lipinski definition) is 1. The molecule has 1 heterocycles. The molecule has 1 aliphatic carbocycles. The normalized spacial score (nSPS) is 16.8. The van der Waals surface area contributed by atoms with E-state index >= 15 is 0 Å². The van der Waals surface area contributed by atoms with Gasteiger partial charge in [-0.3, -0.25) is 4.68 Å². The molecular weight excluding hydrogens is 224 g/mol. The molecule has 0 saturated heterocycles. The number of nitrogens with zero attached hydrogens (tertiary/aromatic N) is 3. The van der Waals surface area contributed by atoms with Crippen molar-refractivity contribution in [3.63, 3.8) is 0 Å². The standard InChI is InChI=1S/C14H26N4/c1-17(2)10-5-9-15-12-13-8-11-18(16-13)14-6-3-4-7-14/h8,11,14-15H,3-7,9-10,12H2,1-2H3. The summed E-state index contributed by atoms with van der Waals surface area (Å²) in [6.45, 7) is 3.10. The summed E-state index contributed by atoms with van der Waals surface area (Å²) in [4.78, 5) is 2.22. The quantitative estimate of drug-likeness (QED) is 0.752. The predicted molar refractivity (Wildman–Crippen MR) is 74.6 cm³/mol. The van der Waals surface area contributed by atoms with Crippen LogP contribution in [0.4, 0.5) is 0 Å². The predicted octanol–water partition coefficient (Wildman–Crippen LogP) is 2.04. The molecule has 1 aromatic rings. The Hall–Kier alpha value is -0.870. The van der Waals surface area contributed by atoms with Gasteiger partial charge in [0.15, 0.2) is 0 Å². The highest BCUT2D eigenvalue weighted by atomic mass is 15.3. The number of aromatic nitrogens is 2. The van der Waals surface area contributed by atoms with E-state index in [1.807, 2.05) is 0 Å². The maximum absolute atomic E-state index is 4.67. The molecule has 0 spiro atoms. The van der Waals surface area contributed by atoms with E-state index in [2.05, 4.69) is 46.4 Å². The van der Waals surface area contributed by atoms with E-state index in [-0.39, 0.29) is 0 Å². The topological polar surface area (TPSA) is 33.1 Å². The molecule has 1 aliphatic rings. The zero-order valence-electron chi connectivity index (χ0n) is 11.7. The molecule has 0 unspecified atom stereocenters. The van der Waals surface area contributed by atoms with Crippen molar-refractivity contribution in [1.82, 2.24) is 20.0 Å². The molecule has 18 heavy (non-hydrogen) atoms. The Bertz CT molecular complexity index is 339. The Morgan fingerprint density at radius 3 is 2.89 bits per heavy atom. The maximum Gasteiger partial charge on any atom is 0.0762 e. The van der Waals surface area contributed by atoms with Crippen LogP contribution in [-0.2, 0) is 6.54 Å². The third kappa shape index (κ3) is 4.10. The van der Waals surface area contributed by atoms with E-state index in [4.69, 9.17) is 0 Å². The lowest BCUT2D eigenvalue weighted by Gasteiger charge is -2.10. The van der Waals surface area contributed by atoms with Gasteiger partial charge in [0.2, 0.25) is 0 Å². The van der Waals surface area contributed by atoms with Crippen LogP contribution in [0.1, 0.15) is 43.8 Å². The van der Waals surface area contributed by atoms with Crippen LogP contribution in [0.5, 0.6) is 0 Å². The maximum atomic E-state index is 4.67. The fraction of sp³-hybridized carbons (Fsp3) is 0.786. The second-order valence-electron chi connectivity index (χ2n) is 5.56. The second-order valence-corrected chi connectivity index (χ2v) is 5.56. The molecule has 1 saturated carbocycles.